The van der Waals surface area contributed by atoms with E-state index in [-0.39, 0.29) is 0 Å². The van der Waals surface area contributed by atoms with Crippen molar-refractivity contribution in [3.63, 3.8) is 0 Å². The van der Waals surface area contributed by atoms with Crippen LogP contribution in [0.4, 0.5) is 0 Å². The zero-order chi connectivity index (χ0) is 14.2. The number of hydrogen-bond acceptors (Lipinski definition) is 1. The Hall–Kier alpha value is -0.0400. The second-order valence-corrected chi connectivity index (χ2v) is 6.10. The Morgan fingerprint density at radius 1 is 0.684 bits per heavy atom. The van der Waals surface area contributed by atoms with Crippen molar-refractivity contribution in [2.24, 2.45) is 5.92 Å². The average molecular weight is 270 g/mol. The lowest BCUT2D eigenvalue weighted by Gasteiger charge is -2.15. The van der Waals surface area contributed by atoms with Crippen LogP contribution in [-0.2, 0) is 0 Å². The molecule has 0 rings (SSSR count). The molecule has 0 aliphatic rings. The second kappa shape index (κ2) is 16.0. The predicted molar refractivity (Wildman–Crippen MR) is 88.8 cm³/mol. The maximum Gasteiger partial charge on any atom is -0.00206 e. The van der Waals surface area contributed by atoms with Crippen molar-refractivity contribution in [3.05, 3.63) is 0 Å². The van der Waals surface area contributed by atoms with Gasteiger partial charge in [0.2, 0.25) is 0 Å². The van der Waals surface area contributed by atoms with E-state index in [1.54, 1.807) is 0 Å². The fourth-order valence-corrected chi connectivity index (χ4v) is 2.63. The SMILES string of the molecule is CCCCCCCCCCNCC(CC)CCCC. The van der Waals surface area contributed by atoms with Crippen LogP contribution in [0.5, 0.6) is 0 Å². The summed E-state index contributed by atoms with van der Waals surface area (Å²) in [6, 6.07) is 0. The van der Waals surface area contributed by atoms with Gasteiger partial charge in [-0.2, -0.15) is 0 Å². The minimum atomic E-state index is 0.911. The van der Waals surface area contributed by atoms with Gasteiger partial charge in [-0.1, -0.05) is 85.0 Å². The Bertz CT molecular complexity index is 156. The first-order valence-corrected chi connectivity index (χ1v) is 9.05. The van der Waals surface area contributed by atoms with Crippen LogP contribution in [0.3, 0.4) is 0 Å². The molecule has 0 aromatic rings. The van der Waals surface area contributed by atoms with Crippen molar-refractivity contribution in [1.82, 2.24) is 5.32 Å². The first-order valence-electron chi connectivity index (χ1n) is 9.05. The van der Waals surface area contributed by atoms with Gasteiger partial charge < -0.3 is 5.32 Å². The van der Waals surface area contributed by atoms with Crippen LogP contribution < -0.4 is 5.32 Å². The van der Waals surface area contributed by atoms with E-state index in [0.29, 0.717) is 0 Å². The highest BCUT2D eigenvalue weighted by atomic mass is 14.8. The molecular formula is C18H39N. The van der Waals surface area contributed by atoms with E-state index in [2.05, 4.69) is 26.1 Å². The van der Waals surface area contributed by atoms with E-state index < -0.39 is 0 Å². The largest absolute Gasteiger partial charge is 0.316 e. The van der Waals surface area contributed by atoms with Crippen molar-refractivity contribution in [3.8, 4) is 0 Å². The highest BCUT2D eigenvalue weighted by Gasteiger charge is 2.04. The molecule has 0 saturated heterocycles. The van der Waals surface area contributed by atoms with Gasteiger partial charge >= 0.3 is 0 Å². The summed E-state index contributed by atoms with van der Waals surface area (Å²) in [5, 5.41) is 3.66. The average Bonchev–Trinajstić information content (AvgIpc) is 2.44. The van der Waals surface area contributed by atoms with Gasteiger partial charge in [0.05, 0.1) is 0 Å². The summed E-state index contributed by atoms with van der Waals surface area (Å²) in [4.78, 5) is 0. The highest BCUT2D eigenvalue weighted by Crippen LogP contribution is 2.11. The zero-order valence-corrected chi connectivity index (χ0v) is 14.0. The molecule has 0 heterocycles. The smallest absolute Gasteiger partial charge is 0.00206 e. The minimum absolute atomic E-state index is 0.911. The summed E-state index contributed by atoms with van der Waals surface area (Å²) in [6.45, 7) is 9.39. The molecule has 0 bridgehead atoms. The molecule has 0 amide bonds. The highest BCUT2D eigenvalue weighted by molar-refractivity contribution is 4.61. The topological polar surface area (TPSA) is 12.0 Å². The van der Waals surface area contributed by atoms with E-state index in [1.807, 2.05) is 0 Å². The molecule has 1 nitrogen and oxygen atoms in total. The third-order valence-electron chi connectivity index (χ3n) is 4.18. The van der Waals surface area contributed by atoms with Gasteiger partial charge in [0, 0.05) is 0 Å². The third-order valence-corrected chi connectivity index (χ3v) is 4.18. The van der Waals surface area contributed by atoms with Gasteiger partial charge in [-0.25, -0.2) is 0 Å². The Labute approximate surface area is 122 Å². The molecule has 0 aliphatic heterocycles. The lowest BCUT2D eigenvalue weighted by molar-refractivity contribution is 0.415. The first kappa shape index (κ1) is 19.0. The van der Waals surface area contributed by atoms with Crippen LogP contribution in [0.2, 0.25) is 0 Å². The molecule has 1 N–H and O–H groups in total. The van der Waals surface area contributed by atoms with Crippen LogP contribution in [-0.4, -0.2) is 13.1 Å². The number of nitrogens with one attached hydrogen (secondary N) is 1. The minimum Gasteiger partial charge on any atom is -0.316 e. The van der Waals surface area contributed by atoms with E-state index in [4.69, 9.17) is 0 Å². The van der Waals surface area contributed by atoms with Crippen molar-refractivity contribution in [1.29, 1.82) is 0 Å². The van der Waals surface area contributed by atoms with E-state index >= 15 is 0 Å². The third kappa shape index (κ3) is 14.2. The molecule has 0 fully saturated rings. The second-order valence-electron chi connectivity index (χ2n) is 6.10. The Kier molecular flexibility index (Phi) is 16.0. The summed E-state index contributed by atoms with van der Waals surface area (Å²) in [7, 11) is 0. The lowest BCUT2D eigenvalue weighted by atomic mass is 9.99. The zero-order valence-electron chi connectivity index (χ0n) is 14.0. The number of rotatable bonds is 15. The fourth-order valence-electron chi connectivity index (χ4n) is 2.63. The van der Waals surface area contributed by atoms with Gasteiger partial charge in [0.15, 0.2) is 0 Å². The van der Waals surface area contributed by atoms with Crippen molar-refractivity contribution < 1.29 is 0 Å². The maximum atomic E-state index is 3.66. The standard InChI is InChI=1S/C18H39N/c1-4-7-9-10-11-12-13-14-16-19-17-18(6-3)15-8-5-2/h18-19H,4-17H2,1-3H3. The Morgan fingerprint density at radius 3 is 1.84 bits per heavy atom. The molecule has 0 aliphatic carbocycles. The molecule has 1 heteroatoms. The van der Waals surface area contributed by atoms with E-state index in [1.165, 1.54) is 90.1 Å². The van der Waals surface area contributed by atoms with Gasteiger partial charge in [0.1, 0.15) is 0 Å². The maximum absolute atomic E-state index is 3.66. The Balaban J connectivity index is 3.16. The first-order chi connectivity index (χ1) is 9.35. The van der Waals surface area contributed by atoms with Crippen LogP contribution in [0.25, 0.3) is 0 Å². The molecule has 19 heavy (non-hydrogen) atoms. The quantitative estimate of drug-likeness (QED) is 0.363. The normalized spacial score (nSPS) is 12.8. The molecule has 116 valence electrons. The predicted octanol–water partition coefficient (Wildman–Crippen LogP) is 5.93. The summed E-state index contributed by atoms with van der Waals surface area (Å²) in [6.07, 6.45) is 16.9. The fraction of sp³-hybridized carbons (Fsp3) is 1.00. The lowest BCUT2D eigenvalue weighted by Crippen LogP contribution is -2.23. The molecule has 1 atom stereocenters. The van der Waals surface area contributed by atoms with E-state index in [9.17, 15) is 0 Å². The van der Waals surface area contributed by atoms with Gasteiger partial charge in [-0.05, 0) is 31.8 Å². The van der Waals surface area contributed by atoms with Crippen LogP contribution in [0.1, 0.15) is 97.8 Å². The number of hydrogen-bond donors (Lipinski definition) is 1. The van der Waals surface area contributed by atoms with Crippen LogP contribution in [0.15, 0.2) is 0 Å². The molecule has 0 radical (unpaired) electrons. The van der Waals surface area contributed by atoms with Gasteiger partial charge in [-0.15, -0.1) is 0 Å². The Morgan fingerprint density at radius 2 is 1.26 bits per heavy atom. The molecule has 1 unspecified atom stereocenters. The van der Waals surface area contributed by atoms with Gasteiger partial charge in [-0.3, -0.25) is 0 Å². The molecule has 0 aromatic heterocycles. The molecule has 0 aromatic carbocycles. The van der Waals surface area contributed by atoms with Gasteiger partial charge in [0.25, 0.3) is 0 Å². The van der Waals surface area contributed by atoms with E-state index in [0.717, 1.165) is 5.92 Å². The van der Waals surface area contributed by atoms with Crippen molar-refractivity contribution in [2.45, 2.75) is 97.8 Å². The van der Waals surface area contributed by atoms with Crippen molar-refractivity contribution in [2.75, 3.05) is 13.1 Å². The molecular weight excluding hydrogens is 230 g/mol. The van der Waals surface area contributed by atoms with Crippen LogP contribution >= 0.6 is 0 Å². The van der Waals surface area contributed by atoms with Crippen LogP contribution in [0, 0.1) is 5.92 Å². The molecule has 0 spiro atoms. The summed E-state index contributed by atoms with van der Waals surface area (Å²) >= 11 is 0. The summed E-state index contributed by atoms with van der Waals surface area (Å²) in [5.41, 5.74) is 0. The molecule has 0 saturated carbocycles. The summed E-state index contributed by atoms with van der Waals surface area (Å²) < 4.78 is 0. The number of unbranched alkanes of at least 4 members (excludes halogenated alkanes) is 8. The van der Waals surface area contributed by atoms with Crippen molar-refractivity contribution >= 4 is 0 Å². The summed E-state index contributed by atoms with van der Waals surface area (Å²) in [5.74, 6) is 0.911. The monoisotopic (exact) mass is 269 g/mol.